The number of benzene rings is 2. The van der Waals surface area contributed by atoms with Crippen LogP contribution in [0.5, 0.6) is 0 Å². The van der Waals surface area contributed by atoms with Gasteiger partial charge in [-0.25, -0.2) is 4.79 Å². The van der Waals surface area contributed by atoms with Gasteiger partial charge in [0.25, 0.3) is 5.69 Å². The van der Waals surface area contributed by atoms with Crippen molar-refractivity contribution in [2.75, 3.05) is 19.7 Å². The molecule has 0 bridgehead atoms. The minimum atomic E-state index is -5.12. The van der Waals surface area contributed by atoms with Gasteiger partial charge in [-0.1, -0.05) is 30.3 Å². The van der Waals surface area contributed by atoms with Gasteiger partial charge in [-0.15, -0.1) is 0 Å². The number of nitro benzene ring substituents is 1. The summed E-state index contributed by atoms with van der Waals surface area (Å²) in [5.41, 5.74) is -3.24. The van der Waals surface area contributed by atoms with Crippen LogP contribution in [0, 0.1) is 10.1 Å². The zero-order valence-corrected chi connectivity index (χ0v) is 19.0. The number of likely N-dealkylation sites (tertiary alicyclic amines) is 1. The second kappa shape index (κ2) is 9.78. The Kier molecular flexibility index (Phi) is 6.92. The average Bonchev–Trinajstić information content (AvgIpc) is 3.20. The number of fused-ring (bicyclic) bond motifs is 1. The van der Waals surface area contributed by atoms with E-state index in [1.807, 2.05) is 0 Å². The molecule has 3 aromatic rings. The first-order valence-electron chi connectivity index (χ1n) is 11.2. The molecule has 0 spiro atoms. The zero-order chi connectivity index (χ0) is 26.1. The molecule has 0 radical (unpaired) electrons. The Hall–Kier alpha value is -3.64. The first-order valence-corrected chi connectivity index (χ1v) is 11.2. The van der Waals surface area contributed by atoms with Crippen LogP contribution in [-0.2, 0) is 16.9 Å². The standard InChI is InChI=1S/C24H24F3N3O6/c25-24(26,27)23(33,15-36-18-8-10-28(11-9-18)22(31)32)20-14-29(13-16-4-2-1-3-5-16)21-12-17(30(34)35)6-7-19(20)21/h1-7,12,14,18,33H,8-11,13,15H2,(H,31,32). The number of piperidine rings is 1. The molecule has 1 saturated heterocycles. The largest absolute Gasteiger partial charge is 0.465 e. The van der Waals surface area contributed by atoms with E-state index in [0.29, 0.717) is 0 Å². The Morgan fingerprint density at radius 3 is 2.39 bits per heavy atom. The summed E-state index contributed by atoms with van der Waals surface area (Å²) < 4.78 is 50.0. The van der Waals surface area contributed by atoms with E-state index in [9.17, 15) is 33.2 Å². The number of halogens is 3. The molecule has 1 aromatic heterocycles. The van der Waals surface area contributed by atoms with Gasteiger partial charge in [-0.2, -0.15) is 13.2 Å². The molecule has 0 saturated carbocycles. The van der Waals surface area contributed by atoms with Crippen molar-refractivity contribution >= 4 is 22.7 Å². The van der Waals surface area contributed by atoms with Gasteiger partial charge in [0.15, 0.2) is 0 Å². The molecular formula is C24H24F3N3O6. The van der Waals surface area contributed by atoms with Crippen molar-refractivity contribution in [1.82, 2.24) is 9.47 Å². The lowest BCUT2D eigenvalue weighted by Gasteiger charge is -2.34. The van der Waals surface area contributed by atoms with Crippen LogP contribution in [-0.4, -0.2) is 62.7 Å². The number of rotatable bonds is 7. The number of hydrogen-bond donors (Lipinski definition) is 2. The van der Waals surface area contributed by atoms with E-state index in [0.717, 1.165) is 22.7 Å². The highest BCUT2D eigenvalue weighted by Crippen LogP contribution is 2.44. The van der Waals surface area contributed by atoms with Crippen molar-refractivity contribution in [1.29, 1.82) is 0 Å². The van der Waals surface area contributed by atoms with Gasteiger partial charge in [-0.05, 0) is 24.5 Å². The van der Waals surface area contributed by atoms with Gasteiger partial charge >= 0.3 is 12.3 Å². The Balaban J connectivity index is 1.71. The predicted octanol–water partition coefficient (Wildman–Crippen LogP) is 4.51. The lowest BCUT2D eigenvalue weighted by atomic mass is 9.93. The molecule has 36 heavy (non-hydrogen) atoms. The molecule has 12 heteroatoms. The highest BCUT2D eigenvalue weighted by Gasteiger charge is 2.57. The number of alkyl halides is 3. The van der Waals surface area contributed by atoms with Crippen molar-refractivity contribution in [2.45, 2.75) is 37.3 Å². The predicted molar refractivity (Wildman–Crippen MR) is 123 cm³/mol. The maximum absolute atomic E-state index is 14.4. The van der Waals surface area contributed by atoms with E-state index in [1.165, 1.54) is 16.7 Å². The normalized spacial score (nSPS) is 16.7. The lowest BCUT2D eigenvalue weighted by Crippen LogP contribution is -2.48. The van der Waals surface area contributed by atoms with Gasteiger partial charge < -0.3 is 24.4 Å². The second-order valence-electron chi connectivity index (χ2n) is 8.75. The van der Waals surface area contributed by atoms with Crippen molar-refractivity contribution < 1.29 is 37.8 Å². The molecule has 4 rings (SSSR count). The van der Waals surface area contributed by atoms with E-state index >= 15 is 0 Å². The Labute approximate surface area is 203 Å². The average molecular weight is 507 g/mol. The third-order valence-electron chi connectivity index (χ3n) is 6.43. The molecule has 2 N–H and O–H groups in total. The topological polar surface area (TPSA) is 118 Å². The molecular weight excluding hydrogens is 483 g/mol. The SMILES string of the molecule is O=C(O)N1CCC(OCC(O)(c2cn(Cc3ccccc3)c3cc([N+](=O)[O-])ccc23)C(F)(F)F)CC1. The minimum absolute atomic E-state index is 0.0145. The van der Waals surface area contributed by atoms with Crippen molar-refractivity contribution in [3.8, 4) is 0 Å². The van der Waals surface area contributed by atoms with Crippen LogP contribution in [0.3, 0.4) is 0 Å². The number of carbonyl (C=O) groups is 1. The fraction of sp³-hybridized carbons (Fsp3) is 0.375. The van der Waals surface area contributed by atoms with E-state index < -0.39 is 41.1 Å². The first-order chi connectivity index (χ1) is 17.0. The second-order valence-corrected chi connectivity index (χ2v) is 8.75. The van der Waals surface area contributed by atoms with E-state index in [-0.39, 0.29) is 49.1 Å². The molecule has 0 aliphatic carbocycles. The molecule has 1 unspecified atom stereocenters. The lowest BCUT2D eigenvalue weighted by molar-refractivity contribution is -0.384. The number of amides is 1. The summed E-state index contributed by atoms with van der Waals surface area (Å²) in [5.74, 6) is 0. The summed E-state index contributed by atoms with van der Waals surface area (Å²) >= 11 is 0. The Bertz CT molecular complexity index is 1260. The van der Waals surface area contributed by atoms with Crippen LogP contribution in [0.4, 0.5) is 23.7 Å². The summed E-state index contributed by atoms with van der Waals surface area (Å²) in [6.45, 7) is -0.744. The maximum atomic E-state index is 14.4. The van der Waals surface area contributed by atoms with Crippen LogP contribution in [0.25, 0.3) is 10.9 Å². The van der Waals surface area contributed by atoms with Crippen LogP contribution in [0.2, 0.25) is 0 Å². The third kappa shape index (κ3) is 5.00. The van der Waals surface area contributed by atoms with E-state index in [4.69, 9.17) is 9.84 Å². The van der Waals surface area contributed by atoms with Crippen molar-refractivity contribution in [2.24, 2.45) is 0 Å². The number of nitro groups is 1. The summed E-state index contributed by atoms with van der Waals surface area (Å²) in [6.07, 6.45) is -5.34. The monoisotopic (exact) mass is 507 g/mol. The number of nitrogens with zero attached hydrogens (tertiary/aromatic N) is 3. The summed E-state index contributed by atoms with van der Waals surface area (Å²) in [4.78, 5) is 22.9. The summed E-state index contributed by atoms with van der Waals surface area (Å²) in [5, 5.41) is 31.4. The molecule has 1 atom stereocenters. The van der Waals surface area contributed by atoms with Crippen LogP contribution >= 0.6 is 0 Å². The van der Waals surface area contributed by atoms with Crippen molar-refractivity contribution in [3.63, 3.8) is 0 Å². The number of hydrogen-bond acceptors (Lipinski definition) is 5. The molecule has 1 aliphatic rings. The maximum Gasteiger partial charge on any atom is 0.423 e. The fourth-order valence-electron chi connectivity index (χ4n) is 4.40. The van der Waals surface area contributed by atoms with Crippen molar-refractivity contribution in [3.05, 3.63) is 76.0 Å². The molecule has 1 amide bonds. The minimum Gasteiger partial charge on any atom is -0.465 e. The smallest absolute Gasteiger partial charge is 0.423 e. The molecule has 2 heterocycles. The number of carboxylic acid groups (broad SMARTS) is 1. The van der Waals surface area contributed by atoms with Gasteiger partial charge in [0, 0.05) is 48.9 Å². The number of ether oxygens (including phenoxy) is 1. The van der Waals surface area contributed by atoms with Crippen LogP contribution in [0.15, 0.2) is 54.7 Å². The number of aromatic nitrogens is 1. The molecule has 1 fully saturated rings. The van der Waals surface area contributed by atoms with E-state index in [1.54, 1.807) is 30.3 Å². The van der Waals surface area contributed by atoms with Crippen LogP contribution in [0.1, 0.15) is 24.0 Å². The molecule has 9 nitrogen and oxygen atoms in total. The van der Waals surface area contributed by atoms with Gasteiger partial charge in [0.2, 0.25) is 5.60 Å². The highest BCUT2D eigenvalue weighted by molar-refractivity contribution is 5.87. The van der Waals surface area contributed by atoms with Gasteiger partial charge in [0.05, 0.1) is 23.2 Å². The fourth-order valence-corrected chi connectivity index (χ4v) is 4.40. The van der Waals surface area contributed by atoms with Crippen LogP contribution < -0.4 is 0 Å². The highest BCUT2D eigenvalue weighted by atomic mass is 19.4. The number of non-ortho nitro benzene ring substituents is 1. The molecule has 1 aliphatic heterocycles. The van der Waals surface area contributed by atoms with Gasteiger partial charge in [0.1, 0.15) is 0 Å². The quantitative estimate of drug-likeness (QED) is 0.359. The molecule has 192 valence electrons. The summed E-state index contributed by atoms with van der Waals surface area (Å²) in [7, 11) is 0. The summed E-state index contributed by atoms with van der Waals surface area (Å²) in [6, 6.07) is 12.3. The Morgan fingerprint density at radius 1 is 1.14 bits per heavy atom. The van der Waals surface area contributed by atoms with Gasteiger partial charge in [-0.3, -0.25) is 10.1 Å². The zero-order valence-electron chi connectivity index (χ0n) is 19.0. The Morgan fingerprint density at radius 2 is 1.81 bits per heavy atom. The molecule has 2 aromatic carbocycles. The number of aliphatic hydroxyl groups is 1. The van der Waals surface area contributed by atoms with E-state index in [2.05, 4.69) is 0 Å². The third-order valence-corrected chi connectivity index (χ3v) is 6.43. The first kappa shape index (κ1) is 25.5.